The number of aryl methyl sites for hydroxylation is 1. The van der Waals surface area contributed by atoms with Gasteiger partial charge in [-0.15, -0.1) is 11.8 Å². The van der Waals surface area contributed by atoms with Crippen molar-refractivity contribution in [3.63, 3.8) is 0 Å². The predicted octanol–water partition coefficient (Wildman–Crippen LogP) is 5.52. The van der Waals surface area contributed by atoms with Gasteiger partial charge in [-0.2, -0.15) is 0 Å². The van der Waals surface area contributed by atoms with Gasteiger partial charge in [-0.3, -0.25) is 4.79 Å². The number of nitrogens with one attached hydrogen (secondary N) is 2. The summed E-state index contributed by atoms with van der Waals surface area (Å²) in [6, 6.07) is 23.5. The van der Waals surface area contributed by atoms with E-state index >= 15 is 0 Å². The molecule has 0 bridgehead atoms. The zero-order chi connectivity index (χ0) is 20.2. The normalized spacial score (nSPS) is 11.6. The highest BCUT2D eigenvalue weighted by atomic mass is 32.2. The number of para-hydroxylation sites is 2. The second-order valence-electron chi connectivity index (χ2n) is 6.75. The van der Waals surface area contributed by atoms with Gasteiger partial charge in [-0.1, -0.05) is 42.0 Å². The molecule has 4 aromatic rings. The molecule has 4 nitrogen and oxygen atoms in total. The van der Waals surface area contributed by atoms with E-state index in [0.717, 1.165) is 22.2 Å². The van der Waals surface area contributed by atoms with Crippen LogP contribution >= 0.6 is 11.8 Å². The second-order valence-corrected chi connectivity index (χ2v) is 7.63. The minimum Gasteiger partial charge on any atom is -0.337 e. The quantitative estimate of drug-likeness (QED) is 0.434. The molecule has 0 saturated carbocycles. The molecule has 5 heteroatoms. The SMILES string of the molecule is CSc1ccc(/C=C(/NC(=O)c2ccc(C)cc2)c2nc3ccccc3[nH]2)cc1. The summed E-state index contributed by atoms with van der Waals surface area (Å²) < 4.78 is 0. The highest BCUT2D eigenvalue weighted by Gasteiger charge is 2.13. The molecule has 0 aliphatic rings. The molecule has 0 unspecified atom stereocenters. The summed E-state index contributed by atoms with van der Waals surface area (Å²) in [4.78, 5) is 22.0. The molecule has 1 aromatic heterocycles. The minimum absolute atomic E-state index is 0.169. The lowest BCUT2D eigenvalue weighted by molar-refractivity contribution is 0.0973. The van der Waals surface area contributed by atoms with Crippen LogP contribution in [0.2, 0.25) is 0 Å². The average molecular weight is 400 g/mol. The molecule has 0 spiro atoms. The standard InChI is InChI=1S/C24H21N3OS/c1-16-7-11-18(12-8-16)24(28)27-22(15-17-9-13-19(29-2)14-10-17)23-25-20-5-3-4-6-21(20)26-23/h3-15H,1-2H3,(H,25,26)(H,27,28)/b22-15+. The van der Waals surface area contributed by atoms with E-state index in [1.807, 2.05) is 79.9 Å². The molecular formula is C24H21N3OS. The van der Waals surface area contributed by atoms with Gasteiger partial charge in [-0.05, 0) is 61.2 Å². The Morgan fingerprint density at radius 2 is 1.72 bits per heavy atom. The monoisotopic (exact) mass is 399 g/mol. The Kier molecular flexibility index (Phi) is 5.49. The number of nitrogens with zero attached hydrogens (tertiary/aromatic N) is 1. The van der Waals surface area contributed by atoms with Crippen molar-refractivity contribution in [1.29, 1.82) is 0 Å². The van der Waals surface area contributed by atoms with Crippen molar-refractivity contribution in [1.82, 2.24) is 15.3 Å². The number of fused-ring (bicyclic) bond motifs is 1. The Morgan fingerprint density at radius 3 is 2.41 bits per heavy atom. The van der Waals surface area contributed by atoms with Crippen molar-refractivity contribution in [3.8, 4) is 0 Å². The number of aromatic amines is 1. The average Bonchev–Trinajstić information content (AvgIpc) is 3.18. The number of H-pyrrole nitrogens is 1. The van der Waals surface area contributed by atoms with Crippen LogP contribution in [-0.4, -0.2) is 22.1 Å². The van der Waals surface area contributed by atoms with E-state index in [0.29, 0.717) is 17.1 Å². The second kappa shape index (κ2) is 8.37. The molecule has 0 atom stereocenters. The molecule has 0 aliphatic carbocycles. The first-order valence-corrected chi connectivity index (χ1v) is 10.5. The van der Waals surface area contributed by atoms with Crippen LogP contribution in [0, 0.1) is 6.92 Å². The zero-order valence-corrected chi connectivity index (χ0v) is 17.1. The van der Waals surface area contributed by atoms with Crippen LogP contribution in [0.5, 0.6) is 0 Å². The Hall–Kier alpha value is -3.31. The third-order valence-corrected chi connectivity index (χ3v) is 5.38. The van der Waals surface area contributed by atoms with Crippen molar-refractivity contribution in [3.05, 3.63) is 95.3 Å². The lowest BCUT2D eigenvalue weighted by Crippen LogP contribution is -2.22. The fourth-order valence-corrected chi connectivity index (χ4v) is 3.42. The summed E-state index contributed by atoms with van der Waals surface area (Å²) in [5, 5.41) is 3.03. The van der Waals surface area contributed by atoms with Crippen LogP contribution < -0.4 is 5.32 Å². The summed E-state index contributed by atoms with van der Waals surface area (Å²) in [6.45, 7) is 2.00. The highest BCUT2D eigenvalue weighted by molar-refractivity contribution is 7.98. The van der Waals surface area contributed by atoms with Crippen LogP contribution in [0.15, 0.2) is 77.7 Å². The maximum absolute atomic E-state index is 12.8. The fourth-order valence-electron chi connectivity index (χ4n) is 3.01. The van der Waals surface area contributed by atoms with E-state index in [9.17, 15) is 4.79 Å². The summed E-state index contributed by atoms with van der Waals surface area (Å²) in [6.07, 6.45) is 3.99. The topological polar surface area (TPSA) is 57.8 Å². The van der Waals surface area contributed by atoms with E-state index in [1.54, 1.807) is 11.8 Å². The molecule has 0 saturated heterocycles. The third kappa shape index (κ3) is 4.41. The van der Waals surface area contributed by atoms with E-state index in [1.165, 1.54) is 4.90 Å². The maximum atomic E-state index is 12.8. The molecular weight excluding hydrogens is 378 g/mol. The number of aromatic nitrogens is 2. The first kappa shape index (κ1) is 19.0. The number of amides is 1. The number of carbonyl (C=O) groups excluding carboxylic acids is 1. The molecule has 0 radical (unpaired) electrons. The van der Waals surface area contributed by atoms with Gasteiger partial charge in [0.1, 0.15) is 0 Å². The lowest BCUT2D eigenvalue weighted by Gasteiger charge is -2.09. The minimum atomic E-state index is -0.169. The largest absolute Gasteiger partial charge is 0.337 e. The Labute approximate surface area is 174 Å². The number of hydrogen-bond acceptors (Lipinski definition) is 3. The summed E-state index contributed by atoms with van der Waals surface area (Å²) >= 11 is 1.70. The molecule has 3 aromatic carbocycles. The van der Waals surface area contributed by atoms with E-state index in [4.69, 9.17) is 0 Å². The number of carbonyl (C=O) groups is 1. The Bertz CT molecular complexity index is 1140. The van der Waals surface area contributed by atoms with Gasteiger partial charge in [0.05, 0.1) is 16.7 Å². The third-order valence-electron chi connectivity index (χ3n) is 4.63. The van der Waals surface area contributed by atoms with Crippen LogP contribution in [0.3, 0.4) is 0 Å². The van der Waals surface area contributed by atoms with Gasteiger partial charge in [0.25, 0.3) is 5.91 Å². The molecule has 29 heavy (non-hydrogen) atoms. The van der Waals surface area contributed by atoms with Gasteiger partial charge in [0.15, 0.2) is 5.82 Å². The van der Waals surface area contributed by atoms with Crippen LogP contribution in [0.1, 0.15) is 27.3 Å². The van der Waals surface area contributed by atoms with Crippen LogP contribution in [0.4, 0.5) is 0 Å². The van der Waals surface area contributed by atoms with Crippen LogP contribution in [-0.2, 0) is 0 Å². The highest BCUT2D eigenvalue weighted by Crippen LogP contribution is 2.21. The van der Waals surface area contributed by atoms with Gasteiger partial charge < -0.3 is 10.3 Å². The summed E-state index contributed by atoms with van der Waals surface area (Å²) in [5.41, 5.74) is 5.12. The molecule has 1 amide bonds. The van der Waals surface area contributed by atoms with Crippen molar-refractivity contribution in [2.45, 2.75) is 11.8 Å². The van der Waals surface area contributed by atoms with Crippen molar-refractivity contribution < 1.29 is 4.79 Å². The number of thioether (sulfide) groups is 1. The molecule has 0 aliphatic heterocycles. The maximum Gasteiger partial charge on any atom is 0.255 e. The molecule has 2 N–H and O–H groups in total. The van der Waals surface area contributed by atoms with Crippen molar-refractivity contribution >= 4 is 40.5 Å². The molecule has 1 heterocycles. The number of hydrogen-bond donors (Lipinski definition) is 2. The van der Waals surface area contributed by atoms with Gasteiger partial charge in [0, 0.05) is 10.5 Å². The van der Waals surface area contributed by atoms with Crippen molar-refractivity contribution in [2.24, 2.45) is 0 Å². The smallest absolute Gasteiger partial charge is 0.255 e. The number of rotatable bonds is 5. The fraction of sp³-hybridized carbons (Fsp3) is 0.0833. The zero-order valence-electron chi connectivity index (χ0n) is 16.3. The first-order valence-electron chi connectivity index (χ1n) is 9.31. The van der Waals surface area contributed by atoms with Crippen LogP contribution in [0.25, 0.3) is 22.8 Å². The Morgan fingerprint density at radius 1 is 1.00 bits per heavy atom. The van der Waals surface area contributed by atoms with Gasteiger partial charge >= 0.3 is 0 Å². The lowest BCUT2D eigenvalue weighted by atomic mass is 10.1. The summed E-state index contributed by atoms with van der Waals surface area (Å²) in [7, 11) is 0. The predicted molar refractivity (Wildman–Crippen MR) is 121 cm³/mol. The number of benzene rings is 3. The summed E-state index contributed by atoms with van der Waals surface area (Å²) in [5.74, 6) is 0.457. The molecule has 4 rings (SSSR count). The van der Waals surface area contributed by atoms with Gasteiger partial charge in [0.2, 0.25) is 0 Å². The Balaban J connectivity index is 1.72. The van der Waals surface area contributed by atoms with E-state index in [-0.39, 0.29) is 5.91 Å². The van der Waals surface area contributed by atoms with Gasteiger partial charge in [-0.25, -0.2) is 4.98 Å². The van der Waals surface area contributed by atoms with E-state index in [2.05, 4.69) is 27.4 Å². The molecule has 0 fully saturated rings. The number of imidazole rings is 1. The molecule has 144 valence electrons. The van der Waals surface area contributed by atoms with Crippen molar-refractivity contribution in [2.75, 3.05) is 6.26 Å². The first-order chi connectivity index (χ1) is 14.1. The van der Waals surface area contributed by atoms with E-state index < -0.39 is 0 Å².